The molecule has 0 amide bonds. The normalized spacial score (nSPS) is 16.2. The number of halogens is 1. The second kappa shape index (κ2) is 5.27. The molecule has 0 atom stereocenters. The number of hydrogen-bond acceptors (Lipinski definition) is 5. The van der Waals surface area contributed by atoms with Gasteiger partial charge in [-0.3, -0.25) is 4.79 Å². The highest BCUT2D eigenvalue weighted by Crippen LogP contribution is 2.40. The summed E-state index contributed by atoms with van der Waals surface area (Å²) in [5.41, 5.74) is 1.57. The van der Waals surface area contributed by atoms with Gasteiger partial charge in [0.25, 0.3) is 0 Å². The van der Waals surface area contributed by atoms with Crippen molar-refractivity contribution in [3.63, 3.8) is 0 Å². The molecule has 0 fully saturated rings. The lowest BCUT2D eigenvalue weighted by atomic mass is 9.74. The number of ketones is 1. The van der Waals surface area contributed by atoms with Gasteiger partial charge >= 0.3 is 0 Å². The molecule has 0 saturated heterocycles. The number of Topliss-reactive ketones (excluding diaryl/α,β-unsaturated/α-hetero) is 1. The standard InChI is InChI=1S/C17H15ClN4O2/c1-17(2)8-7-10-14(16(17)23)15(11-4-3-9-24-11)21-22(10)13-6-5-12(18)19-20-13/h3-6,9H,7-8H2,1-2H3. The zero-order valence-corrected chi connectivity index (χ0v) is 14.0. The number of nitrogens with zero attached hydrogens (tertiary/aromatic N) is 4. The number of aromatic nitrogens is 4. The molecule has 7 heteroatoms. The minimum Gasteiger partial charge on any atom is -0.463 e. The van der Waals surface area contributed by atoms with Crippen molar-refractivity contribution in [3.8, 4) is 17.3 Å². The van der Waals surface area contributed by atoms with E-state index in [2.05, 4.69) is 15.3 Å². The lowest BCUT2D eigenvalue weighted by Gasteiger charge is -2.28. The van der Waals surface area contributed by atoms with E-state index in [9.17, 15) is 4.79 Å². The van der Waals surface area contributed by atoms with Crippen molar-refractivity contribution < 1.29 is 9.21 Å². The Morgan fingerprint density at radius 2 is 2.08 bits per heavy atom. The maximum atomic E-state index is 13.0. The summed E-state index contributed by atoms with van der Waals surface area (Å²) in [5, 5.41) is 12.9. The second-order valence-corrected chi connectivity index (χ2v) is 6.87. The van der Waals surface area contributed by atoms with Crippen molar-refractivity contribution in [2.45, 2.75) is 26.7 Å². The van der Waals surface area contributed by atoms with Crippen LogP contribution in [0, 0.1) is 5.41 Å². The summed E-state index contributed by atoms with van der Waals surface area (Å²) in [5.74, 6) is 1.17. The molecule has 6 nitrogen and oxygen atoms in total. The Balaban J connectivity index is 1.96. The highest BCUT2D eigenvalue weighted by Gasteiger charge is 2.40. The summed E-state index contributed by atoms with van der Waals surface area (Å²) in [6.45, 7) is 3.92. The predicted octanol–water partition coefficient (Wildman–Crippen LogP) is 3.73. The lowest BCUT2D eigenvalue weighted by Crippen LogP contribution is -2.31. The summed E-state index contributed by atoms with van der Waals surface area (Å²) >= 11 is 5.82. The zero-order valence-electron chi connectivity index (χ0n) is 13.3. The van der Waals surface area contributed by atoms with E-state index in [1.807, 2.05) is 13.8 Å². The molecule has 24 heavy (non-hydrogen) atoms. The Morgan fingerprint density at radius 1 is 1.25 bits per heavy atom. The minimum atomic E-state index is -0.423. The zero-order chi connectivity index (χ0) is 16.9. The van der Waals surface area contributed by atoms with Crippen LogP contribution in [-0.2, 0) is 6.42 Å². The molecule has 3 aromatic heterocycles. The fourth-order valence-electron chi connectivity index (χ4n) is 3.00. The number of furan rings is 1. The quantitative estimate of drug-likeness (QED) is 0.709. The van der Waals surface area contributed by atoms with E-state index < -0.39 is 5.41 Å². The van der Waals surface area contributed by atoms with Gasteiger partial charge in [-0.15, -0.1) is 10.2 Å². The molecular formula is C17H15ClN4O2. The number of hydrogen-bond donors (Lipinski definition) is 0. The third-order valence-corrected chi connectivity index (χ3v) is 4.60. The number of rotatable bonds is 2. The van der Waals surface area contributed by atoms with Crippen LogP contribution in [0.4, 0.5) is 0 Å². The Kier molecular flexibility index (Phi) is 3.31. The van der Waals surface area contributed by atoms with Gasteiger partial charge in [-0.05, 0) is 37.1 Å². The van der Waals surface area contributed by atoms with Crippen molar-refractivity contribution >= 4 is 17.4 Å². The highest BCUT2D eigenvalue weighted by molar-refractivity contribution is 6.29. The van der Waals surface area contributed by atoms with E-state index >= 15 is 0 Å². The van der Waals surface area contributed by atoms with Crippen LogP contribution in [0.15, 0.2) is 34.9 Å². The van der Waals surface area contributed by atoms with Crippen LogP contribution < -0.4 is 0 Å². The van der Waals surface area contributed by atoms with Crippen LogP contribution >= 0.6 is 11.6 Å². The topological polar surface area (TPSA) is 73.8 Å². The van der Waals surface area contributed by atoms with E-state index in [0.717, 1.165) is 18.5 Å². The molecule has 0 radical (unpaired) electrons. The highest BCUT2D eigenvalue weighted by atomic mass is 35.5. The fourth-order valence-corrected chi connectivity index (χ4v) is 3.10. The molecule has 3 heterocycles. The molecule has 1 aliphatic carbocycles. The SMILES string of the molecule is CC1(C)CCc2c(c(-c3ccco3)nn2-c2ccc(Cl)nn2)C1=O. The van der Waals surface area contributed by atoms with E-state index in [-0.39, 0.29) is 5.78 Å². The smallest absolute Gasteiger partial charge is 0.176 e. The van der Waals surface area contributed by atoms with Gasteiger partial charge in [0.2, 0.25) is 0 Å². The summed E-state index contributed by atoms with van der Waals surface area (Å²) in [6, 6.07) is 6.97. The van der Waals surface area contributed by atoms with Gasteiger partial charge < -0.3 is 4.42 Å². The third-order valence-electron chi connectivity index (χ3n) is 4.40. The van der Waals surface area contributed by atoms with Crippen molar-refractivity contribution in [2.24, 2.45) is 5.41 Å². The van der Waals surface area contributed by atoms with Crippen molar-refractivity contribution in [2.75, 3.05) is 0 Å². The van der Waals surface area contributed by atoms with Gasteiger partial charge in [-0.2, -0.15) is 5.10 Å². The van der Waals surface area contributed by atoms with Crippen LogP contribution in [0.1, 0.15) is 36.3 Å². The van der Waals surface area contributed by atoms with Crippen molar-refractivity contribution in [3.05, 3.63) is 46.9 Å². The molecule has 3 aromatic rings. The molecule has 0 aliphatic heterocycles. The first-order valence-corrected chi connectivity index (χ1v) is 8.05. The van der Waals surface area contributed by atoms with Crippen LogP contribution in [0.5, 0.6) is 0 Å². The van der Waals surface area contributed by atoms with Gasteiger partial charge in [0.15, 0.2) is 22.5 Å². The maximum absolute atomic E-state index is 13.0. The Bertz CT molecular complexity index is 911. The molecule has 122 valence electrons. The second-order valence-electron chi connectivity index (χ2n) is 6.49. The molecule has 0 saturated carbocycles. The molecule has 1 aliphatic rings. The molecule has 0 unspecified atom stereocenters. The van der Waals surface area contributed by atoms with Gasteiger partial charge in [-0.1, -0.05) is 25.4 Å². The summed E-state index contributed by atoms with van der Waals surface area (Å²) in [6.07, 6.45) is 3.05. The van der Waals surface area contributed by atoms with Gasteiger partial charge in [-0.25, -0.2) is 4.68 Å². The first kappa shape index (κ1) is 15.1. The maximum Gasteiger partial charge on any atom is 0.176 e. The molecule has 0 spiro atoms. The summed E-state index contributed by atoms with van der Waals surface area (Å²) in [7, 11) is 0. The van der Waals surface area contributed by atoms with Crippen molar-refractivity contribution in [1.82, 2.24) is 20.0 Å². The van der Waals surface area contributed by atoms with Gasteiger partial charge in [0.05, 0.1) is 17.5 Å². The van der Waals surface area contributed by atoms with Crippen LogP contribution in [0.25, 0.3) is 17.3 Å². The Hall–Kier alpha value is -2.47. The van der Waals surface area contributed by atoms with Crippen LogP contribution in [-0.4, -0.2) is 25.8 Å². The van der Waals surface area contributed by atoms with Crippen LogP contribution in [0.2, 0.25) is 5.15 Å². The lowest BCUT2D eigenvalue weighted by molar-refractivity contribution is 0.0810. The Labute approximate surface area is 143 Å². The van der Waals surface area contributed by atoms with E-state index in [1.165, 1.54) is 0 Å². The Morgan fingerprint density at radius 3 is 2.75 bits per heavy atom. The molecule has 0 N–H and O–H groups in total. The average Bonchev–Trinajstić information content (AvgIpc) is 3.19. The van der Waals surface area contributed by atoms with Gasteiger partial charge in [0, 0.05) is 5.41 Å². The number of fused-ring (bicyclic) bond motifs is 1. The first-order valence-electron chi connectivity index (χ1n) is 7.67. The van der Waals surface area contributed by atoms with Crippen molar-refractivity contribution in [1.29, 1.82) is 0 Å². The minimum absolute atomic E-state index is 0.0725. The third kappa shape index (κ3) is 2.26. The average molecular weight is 343 g/mol. The number of carbonyl (C=O) groups is 1. The van der Waals surface area contributed by atoms with E-state index in [0.29, 0.717) is 28.0 Å². The summed E-state index contributed by atoms with van der Waals surface area (Å²) < 4.78 is 7.16. The monoisotopic (exact) mass is 342 g/mol. The van der Waals surface area contributed by atoms with Crippen LogP contribution in [0.3, 0.4) is 0 Å². The molecule has 0 bridgehead atoms. The fraction of sp³-hybridized carbons (Fsp3) is 0.294. The first-order chi connectivity index (χ1) is 11.5. The molecular weight excluding hydrogens is 328 g/mol. The van der Waals surface area contributed by atoms with Gasteiger partial charge in [0.1, 0.15) is 5.69 Å². The summed E-state index contributed by atoms with van der Waals surface area (Å²) in [4.78, 5) is 13.0. The molecule has 4 rings (SSSR count). The van der Waals surface area contributed by atoms with E-state index in [4.69, 9.17) is 16.0 Å². The van der Waals surface area contributed by atoms with E-state index in [1.54, 1.807) is 35.2 Å². The predicted molar refractivity (Wildman–Crippen MR) is 88.3 cm³/mol. The molecule has 0 aromatic carbocycles. The number of carbonyl (C=O) groups excluding carboxylic acids is 1. The largest absolute Gasteiger partial charge is 0.463 e.